The number of guanidine groups is 1. The maximum absolute atomic E-state index is 12.3. The van der Waals surface area contributed by atoms with Gasteiger partial charge in [0.25, 0.3) is 0 Å². The largest absolute Gasteiger partial charge is 0.350 e. The van der Waals surface area contributed by atoms with Crippen LogP contribution in [0.4, 0.5) is 0 Å². The second-order valence-corrected chi connectivity index (χ2v) is 8.03. The number of rotatable bonds is 5. The first-order chi connectivity index (χ1) is 12.7. The number of halogens is 1. The maximum atomic E-state index is 12.3. The number of likely N-dealkylation sites (tertiary alicyclic amines) is 1. The van der Waals surface area contributed by atoms with E-state index >= 15 is 0 Å². The topological polar surface area (TPSA) is 64.1 Å². The molecule has 1 amide bonds. The van der Waals surface area contributed by atoms with Gasteiger partial charge in [0.15, 0.2) is 5.96 Å². The Balaban J connectivity index is 0.00000261. The molecule has 1 N–H and O–H groups in total. The first-order valence-electron chi connectivity index (χ1n) is 9.59. The van der Waals surface area contributed by atoms with E-state index in [0.29, 0.717) is 13.1 Å². The second kappa shape index (κ2) is 11.2. The minimum absolute atomic E-state index is 0. The Morgan fingerprint density at radius 2 is 1.89 bits per heavy atom. The van der Waals surface area contributed by atoms with Crippen molar-refractivity contribution in [3.05, 3.63) is 16.1 Å². The molecule has 0 radical (unpaired) electrons. The van der Waals surface area contributed by atoms with Crippen molar-refractivity contribution >= 4 is 47.2 Å². The molecule has 0 saturated carbocycles. The van der Waals surface area contributed by atoms with E-state index in [2.05, 4.69) is 32.0 Å². The van der Waals surface area contributed by atoms with Crippen LogP contribution < -0.4 is 5.32 Å². The van der Waals surface area contributed by atoms with E-state index in [1.165, 1.54) is 4.88 Å². The third-order valence-electron chi connectivity index (χ3n) is 5.05. The van der Waals surface area contributed by atoms with Gasteiger partial charge in [-0.3, -0.25) is 14.7 Å². The summed E-state index contributed by atoms with van der Waals surface area (Å²) in [4.78, 5) is 29.0. The molecular weight excluding hydrogens is 475 g/mol. The smallest absolute Gasteiger partial charge is 0.236 e. The highest BCUT2D eigenvalue weighted by atomic mass is 127. The molecule has 2 saturated heterocycles. The lowest BCUT2D eigenvalue weighted by atomic mass is 10.3. The summed E-state index contributed by atoms with van der Waals surface area (Å²) < 4.78 is 0. The minimum Gasteiger partial charge on any atom is -0.350 e. The molecule has 0 spiro atoms. The van der Waals surface area contributed by atoms with Crippen LogP contribution in [0.3, 0.4) is 0 Å². The number of nitrogens with zero attached hydrogens (tertiary/aromatic N) is 5. The predicted octanol–water partition coefficient (Wildman–Crippen LogP) is 1.64. The summed E-state index contributed by atoms with van der Waals surface area (Å²) >= 11 is 1.75. The molecule has 2 fully saturated rings. The summed E-state index contributed by atoms with van der Waals surface area (Å²) in [6.45, 7) is 8.88. The number of thiazole rings is 1. The molecule has 152 valence electrons. The van der Waals surface area contributed by atoms with E-state index < -0.39 is 0 Å². The number of amides is 1. The van der Waals surface area contributed by atoms with Gasteiger partial charge in [0.2, 0.25) is 5.91 Å². The molecule has 1 aromatic heterocycles. The fourth-order valence-corrected chi connectivity index (χ4v) is 4.26. The number of carbonyl (C=O) groups excluding carboxylic acids is 1. The maximum Gasteiger partial charge on any atom is 0.236 e. The highest BCUT2D eigenvalue weighted by molar-refractivity contribution is 14.0. The van der Waals surface area contributed by atoms with Crippen molar-refractivity contribution in [1.82, 2.24) is 25.0 Å². The van der Waals surface area contributed by atoms with Gasteiger partial charge < -0.3 is 15.1 Å². The van der Waals surface area contributed by atoms with Gasteiger partial charge in [-0.05, 0) is 19.3 Å². The van der Waals surface area contributed by atoms with Gasteiger partial charge in [0.05, 0.1) is 13.1 Å². The lowest BCUT2D eigenvalue weighted by Crippen LogP contribution is -2.54. The van der Waals surface area contributed by atoms with E-state index in [1.54, 1.807) is 11.3 Å². The summed E-state index contributed by atoms with van der Waals surface area (Å²) in [5.74, 6) is 1.21. The molecule has 7 nitrogen and oxygen atoms in total. The van der Waals surface area contributed by atoms with E-state index in [-0.39, 0.29) is 29.9 Å². The van der Waals surface area contributed by atoms with Crippen molar-refractivity contribution < 1.29 is 4.79 Å². The molecule has 0 atom stereocenters. The van der Waals surface area contributed by atoms with Gasteiger partial charge in [-0.25, -0.2) is 4.98 Å². The number of aryl methyl sites for hydroxylation is 1. The molecule has 2 aliphatic heterocycles. The number of nitrogens with one attached hydrogen (secondary N) is 1. The molecule has 2 aliphatic rings. The van der Waals surface area contributed by atoms with Crippen LogP contribution in [0.15, 0.2) is 11.2 Å². The van der Waals surface area contributed by atoms with Crippen molar-refractivity contribution in [2.24, 2.45) is 4.99 Å². The summed E-state index contributed by atoms with van der Waals surface area (Å²) in [5.41, 5.74) is 0. The van der Waals surface area contributed by atoms with Crippen LogP contribution in [-0.4, -0.2) is 84.4 Å². The zero-order chi connectivity index (χ0) is 18.4. The normalized spacial score (nSPS) is 18.5. The second-order valence-electron chi connectivity index (χ2n) is 6.83. The number of carbonyl (C=O) groups is 1. The van der Waals surface area contributed by atoms with Gasteiger partial charge in [0.1, 0.15) is 5.01 Å². The van der Waals surface area contributed by atoms with Crippen molar-refractivity contribution in [2.75, 3.05) is 52.9 Å². The van der Waals surface area contributed by atoms with Gasteiger partial charge in [-0.2, -0.15) is 0 Å². The van der Waals surface area contributed by atoms with Crippen LogP contribution in [0.25, 0.3) is 0 Å². The van der Waals surface area contributed by atoms with Crippen molar-refractivity contribution in [1.29, 1.82) is 0 Å². The first kappa shape index (κ1) is 22.4. The first-order valence-corrected chi connectivity index (χ1v) is 10.4. The summed E-state index contributed by atoms with van der Waals surface area (Å²) in [6, 6.07) is 0. The molecule has 0 aromatic carbocycles. The number of hydrogen-bond acceptors (Lipinski definition) is 5. The fraction of sp³-hybridized carbons (Fsp3) is 0.722. The van der Waals surface area contributed by atoms with Gasteiger partial charge in [0, 0.05) is 57.4 Å². The lowest BCUT2D eigenvalue weighted by Gasteiger charge is -2.36. The van der Waals surface area contributed by atoms with Crippen LogP contribution in [0, 0.1) is 0 Å². The molecular formula is C18H31IN6OS. The molecule has 1 aromatic rings. The Labute approximate surface area is 183 Å². The average Bonchev–Trinajstić information content (AvgIpc) is 3.35. The highest BCUT2D eigenvalue weighted by Crippen LogP contribution is 2.13. The Hall–Kier alpha value is -0.940. The van der Waals surface area contributed by atoms with Crippen LogP contribution >= 0.6 is 35.3 Å². The molecule has 3 rings (SSSR count). The lowest BCUT2D eigenvalue weighted by molar-refractivity contribution is -0.131. The quantitative estimate of drug-likeness (QED) is 0.374. The zero-order valence-corrected chi connectivity index (χ0v) is 19.5. The van der Waals surface area contributed by atoms with E-state index in [4.69, 9.17) is 0 Å². The fourth-order valence-electron chi connectivity index (χ4n) is 3.46. The summed E-state index contributed by atoms with van der Waals surface area (Å²) in [7, 11) is 1.82. The van der Waals surface area contributed by atoms with Crippen LogP contribution in [0.5, 0.6) is 0 Å². The van der Waals surface area contributed by atoms with Crippen molar-refractivity contribution in [2.45, 2.75) is 32.7 Å². The molecule has 0 bridgehead atoms. The Kier molecular flexibility index (Phi) is 9.24. The number of aliphatic imine (C=N–C) groups is 1. The standard InChI is InChI=1S/C18H30N6OS.HI/c1-3-15-12-20-16(26-15)13-21-18(19-2)24-10-8-22(9-11-24)14-17(25)23-6-4-5-7-23;/h12H,3-11,13-14H2,1-2H3,(H,19,21);1H. The van der Waals surface area contributed by atoms with Crippen molar-refractivity contribution in [3.8, 4) is 0 Å². The predicted molar refractivity (Wildman–Crippen MR) is 121 cm³/mol. The monoisotopic (exact) mass is 506 g/mol. The van der Waals surface area contributed by atoms with E-state index in [0.717, 1.165) is 69.5 Å². The third kappa shape index (κ3) is 6.28. The van der Waals surface area contributed by atoms with Crippen LogP contribution in [0.1, 0.15) is 29.7 Å². The molecule has 0 aliphatic carbocycles. The molecule has 3 heterocycles. The van der Waals surface area contributed by atoms with Crippen LogP contribution in [0.2, 0.25) is 0 Å². The average molecular weight is 506 g/mol. The molecule has 27 heavy (non-hydrogen) atoms. The number of hydrogen-bond donors (Lipinski definition) is 1. The van der Waals surface area contributed by atoms with Crippen molar-refractivity contribution in [3.63, 3.8) is 0 Å². The van der Waals surface area contributed by atoms with E-state index in [9.17, 15) is 4.79 Å². The third-order valence-corrected chi connectivity index (χ3v) is 6.19. The number of piperazine rings is 1. The Bertz CT molecular complexity index is 623. The van der Waals surface area contributed by atoms with Crippen LogP contribution in [-0.2, 0) is 17.8 Å². The van der Waals surface area contributed by atoms with Gasteiger partial charge in [-0.15, -0.1) is 35.3 Å². The van der Waals surface area contributed by atoms with E-state index in [1.807, 2.05) is 18.1 Å². The Morgan fingerprint density at radius 1 is 1.19 bits per heavy atom. The van der Waals surface area contributed by atoms with Gasteiger partial charge in [-0.1, -0.05) is 6.92 Å². The minimum atomic E-state index is 0. The molecule has 0 unspecified atom stereocenters. The Morgan fingerprint density at radius 3 is 2.48 bits per heavy atom. The highest BCUT2D eigenvalue weighted by Gasteiger charge is 2.24. The summed E-state index contributed by atoms with van der Waals surface area (Å²) in [6.07, 6.45) is 5.30. The molecule has 9 heteroatoms. The van der Waals surface area contributed by atoms with Gasteiger partial charge >= 0.3 is 0 Å². The SMILES string of the molecule is CCc1cnc(CNC(=NC)N2CCN(CC(=O)N3CCCC3)CC2)s1.I. The summed E-state index contributed by atoms with van der Waals surface area (Å²) in [5, 5.41) is 4.52. The zero-order valence-electron chi connectivity index (χ0n) is 16.3. The number of aromatic nitrogens is 1.